The molecule has 3 aromatic heterocycles. The Hall–Kier alpha value is -2.75. The number of nitrogens with two attached hydrogens (primary N) is 1. The van der Waals surface area contributed by atoms with Crippen molar-refractivity contribution >= 4 is 38.9 Å². The lowest BCUT2D eigenvalue weighted by Crippen LogP contribution is -2.08. The van der Waals surface area contributed by atoms with Gasteiger partial charge in [0.1, 0.15) is 5.69 Å². The zero-order chi connectivity index (χ0) is 19.4. The van der Waals surface area contributed by atoms with Gasteiger partial charge in [0.05, 0.1) is 20.3 Å². The highest BCUT2D eigenvalue weighted by Crippen LogP contribution is 2.25. The number of methoxy groups -OCH3 is 1. The number of hydrogen-bond donors (Lipinski definition) is 1. The summed E-state index contributed by atoms with van der Waals surface area (Å²) >= 11 is 3.43. The van der Waals surface area contributed by atoms with Gasteiger partial charge in [-0.25, -0.2) is 14.8 Å². The highest BCUT2D eigenvalue weighted by Gasteiger charge is 2.17. The molecule has 0 radical (unpaired) electrons. The number of carbonyl (C=O) groups is 1. The largest absolute Gasteiger partial charge is 0.464 e. The molecule has 3 heterocycles. The molecule has 0 aliphatic heterocycles. The first-order valence-corrected chi connectivity index (χ1v) is 9.18. The van der Waals surface area contributed by atoms with Crippen molar-refractivity contribution in [1.82, 2.24) is 24.5 Å². The number of imidazole rings is 1. The van der Waals surface area contributed by atoms with Crippen LogP contribution in [0.2, 0.25) is 0 Å². The van der Waals surface area contributed by atoms with Crippen LogP contribution in [0.15, 0.2) is 23.1 Å². The van der Waals surface area contributed by atoms with Crippen LogP contribution in [0.4, 0.5) is 5.82 Å². The Labute approximate surface area is 164 Å². The summed E-state index contributed by atoms with van der Waals surface area (Å²) < 4.78 is 12.7. The molecule has 0 bridgehead atoms. The molecule has 0 atom stereocenters. The molecule has 3 rings (SSSR count). The van der Waals surface area contributed by atoms with E-state index in [0.29, 0.717) is 29.0 Å². The van der Waals surface area contributed by atoms with Crippen LogP contribution in [0, 0.1) is 0 Å². The Morgan fingerprint density at radius 1 is 1.33 bits per heavy atom. The second kappa shape index (κ2) is 8.30. The fourth-order valence-electron chi connectivity index (χ4n) is 2.46. The van der Waals surface area contributed by atoms with Crippen LogP contribution in [0.5, 0.6) is 6.01 Å². The van der Waals surface area contributed by atoms with Crippen molar-refractivity contribution in [3.8, 4) is 6.01 Å². The molecule has 27 heavy (non-hydrogen) atoms. The van der Waals surface area contributed by atoms with Crippen LogP contribution in [0.1, 0.15) is 35.8 Å². The monoisotopic (exact) mass is 434 g/mol. The molecule has 0 unspecified atom stereocenters. The molecular formula is C17H19BrN6O3. The third-order valence-corrected chi connectivity index (χ3v) is 4.45. The molecular weight excluding hydrogens is 416 g/mol. The number of rotatable bonds is 7. The van der Waals surface area contributed by atoms with Crippen molar-refractivity contribution in [2.45, 2.75) is 26.3 Å². The van der Waals surface area contributed by atoms with Crippen LogP contribution in [0.3, 0.4) is 0 Å². The number of fused-ring (bicyclic) bond motifs is 1. The van der Waals surface area contributed by atoms with Crippen LogP contribution in [-0.2, 0) is 11.3 Å². The average molecular weight is 435 g/mol. The molecule has 2 N–H and O–H groups in total. The van der Waals surface area contributed by atoms with E-state index in [1.807, 2.05) is 4.57 Å². The number of halogens is 1. The van der Waals surface area contributed by atoms with Crippen molar-refractivity contribution in [1.29, 1.82) is 0 Å². The van der Waals surface area contributed by atoms with E-state index in [1.165, 1.54) is 7.11 Å². The summed E-state index contributed by atoms with van der Waals surface area (Å²) in [5, 5.41) is 0. The number of aromatic nitrogens is 5. The topological polar surface area (TPSA) is 118 Å². The van der Waals surface area contributed by atoms with Gasteiger partial charge in [0.15, 0.2) is 21.7 Å². The van der Waals surface area contributed by atoms with Gasteiger partial charge in [0.25, 0.3) is 0 Å². The van der Waals surface area contributed by atoms with Gasteiger partial charge in [0.2, 0.25) is 0 Å². The number of esters is 1. The summed E-state index contributed by atoms with van der Waals surface area (Å²) in [7, 11) is 1.32. The Kier molecular flexibility index (Phi) is 5.84. The van der Waals surface area contributed by atoms with Crippen LogP contribution < -0.4 is 10.5 Å². The van der Waals surface area contributed by atoms with Gasteiger partial charge < -0.3 is 15.2 Å². The van der Waals surface area contributed by atoms with Crippen molar-refractivity contribution in [3.63, 3.8) is 0 Å². The zero-order valence-corrected chi connectivity index (χ0v) is 16.6. The second-order valence-corrected chi connectivity index (χ2v) is 6.48. The van der Waals surface area contributed by atoms with Gasteiger partial charge in [-0.15, -0.1) is 0 Å². The van der Waals surface area contributed by atoms with E-state index in [9.17, 15) is 4.79 Å². The second-order valence-electron chi connectivity index (χ2n) is 5.77. The lowest BCUT2D eigenvalue weighted by molar-refractivity contribution is 0.0594. The molecule has 3 aromatic rings. The number of carbonyl (C=O) groups excluding carboxylic acids is 1. The Morgan fingerprint density at radius 3 is 2.89 bits per heavy atom. The Bertz CT molecular complexity index is 975. The highest BCUT2D eigenvalue weighted by molar-refractivity contribution is 9.10. The van der Waals surface area contributed by atoms with Gasteiger partial charge in [-0.3, -0.25) is 4.57 Å². The lowest BCUT2D eigenvalue weighted by atomic mass is 10.2. The maximum atomic E-state index is 11.7. The van der Waals surface area contributed by atoms with Crippen molar-refractivity contribution < 1.29 is 14.3 Å². The fraction of sp³-hybridized carbons (Fsp3) is 0.353. The molecule has 0 aliphatic carbocycles. The molecule has 0 spiro atoms. The zero-order valence-electron chi connectivity index (χ0n) is 15.0. The average Bonchev–Trinajstić information content (AvgIpc) is 2.98. The summed E-state index contributed by atoms with van der Waals surface area (Å²) in [5.41, 5.74) is 8.10. The highest BCUT2D eigenvalue weighted by atomic mass is 79.9. The van der Waals surface area contributed by atoms with Gasteiger partial charge in [-0.1, -0.05) is 13.3 Å². The molecule has 0 amide bonds. The number of unbranched alkanes of at least 4 members (excludes halogenated alkanes) is 1. The standard InChI is InChI=1S/C17H19BrN6O3/c1-3-4-7-27-17-22-13(19)12-14(23-17)24(16(18)21-12)9-10-5-6-20-11(8-10)15(25)26-2/h5-6,8H,3-4,7,9H2,1-2H3,(H2,19,22,23). The van der Waals surface area contributed by atoms with Gasteiger partial charge in [-0.05, 0) is 40.0 Å². The minimum absolute atomic E-state index is 0.215. The molecule has 0 fully saturated rings. The molecule has 10 heteroatoms. The first-order valence-electron chi connectivity index (χ1n) is 8.38. The normalized spacial score (nSPS) is 10.9. The minimum Gasteiger partial charge on any atom is -0.464 e. The first kappa shape index (κ1) is 19.0. The van der Waals surface area contributed by atoms with Gasteiger partial charge in [0, 0.05) is 6.20 Å². The number of nitrogen functional groups attached to an aromatic ring is 1. The SMILES string of the molecule is CCCCOc1nc(N)c2nc(Br)n(Cc3ccnc(C(=O)OC)c3)c2n1. The van der Waals surface area contributed by atoms with E-state index < -0.39 is 5.97 Å². The van der Waals surface area contributed by atoms with E-state index in [1.54, 1.807) is 18.3 Å². The van der Waals surface area contributed by atoms with E-state index in [2.05, 4.69) is 42.8 Å². The van der Waals surface area contributed by atoms with Crippen LogP contribution in [-0.4, -0.2) is 44.2 Å². The number of anilines is 1. The van der Waals surface area contributed by atoms with Crippen LogP contribution >= 0.6 is 15.9 Å². The van der Waals surface area contributed by atoms with Crippen molar-refractivity contribution in [2.24, 2.45) is 0 Å². The summed E-state index contributed by atoms with van der Waals surface area (Å²) in [6.07, 6.45) is 3.46. The fourth-order valence-corrected chi connectivity index (χ4v) is 2.93. The summed E-state index contributed by atoms with van der Waals surface area (Å²) in [6, 6.07) is 3.67. The molecule has 9 nitrogen and oxygen atoms in total. The van der Waals surface area contributed by atoms with E-state index >= 15 is 0 Å². The smallest absolute Gasteiger partial charge is 0.356 e. The van der Waals surface area contributed by atoms with Crippen molar-refractivity contribution in [2.75, 3.05) is 19.5 Å². The number of hydrogen-bond acceptors (Lipinski definition) is 8. The number of ether oxygens (including phenoxy) is 2. The maximum absolute atomic E-state index is 11.7. The van der Waals surface area contributed by atoms with E-state index in [-0.39, 0.29) is 17.5 Å². The van der Waals surface area contributed by atoms with E-state index in [4.69, 9.17) is 15.2 Å². The molecule has 0 saturated carbocycles. The number of pyridine rings is 1. The quantitative estimate of drug-likeness (QED) is 0.342. The first-order chi connectivity index (χ1) is 13.0. The molecule has 0 aliphatic rings. The Balaban J connectivity index is 1.96. The Morgan fingerprint density at radius 2 is 2.15 bits per heavy atom. The third kappa shape index (κ3) is 4.16. The summed E-state index contributed by atoms with van der Waals surface area (Å²) in [4.78, 5) is 28.7. The lowest BCUT2D eigenvalue weighted by Gasteiger charge is -2.08. The summed E-state index contributed by atoms with van der Waals surface area (Å²) in [6.45, 7) is 2.99. The van der Waals surface area contributed by atoms with Gasteiger partial charge >= 0.3 is 12.0 Å². The van der Waals surface area contributed by atoms with E-state index in [0.717, 1.165) is 18.4 Å². The molecule has 0 saturated heterocycles. The van der Waals surface area contributed by atoms with Crippen molar-refractivity contribution in [3.05, 3.63) is 34.3 Å². The predicted octanol–water partition coefficient (Wildman–Crippen LogP) is 2.58. The number of nitrogens with zero attached hydrogens (tertiary/aromatic N) is 5. The van der Waals surface area contributed by atoms with Crippen LogP contribution in [0.25, 0.3) is 11.2 Å². The molecule has 0 aromatic carbocycles. The molecule has 142 valence electrons. The maximum Gasteiger partial charge on any atom is 0.356 e. The minimum atomic E-state index is -0.496. The van der Waals surface area contributed by atoms with Gasteiger partial charge in [-0.2, -0.15) is 9.97 Å². The predicted molar refractivity (Wildman–Crippen MR) is 103 cm³/mol. The summed E-state index contributed by atoms with van der Waals surface area (Å²) in [5.74, 6) is -0.250. The third-order valence-electron chi connectivity index (χ3n) is 3.84.